The third-order valence-electron chi connectivity index (χ3n) is 4.26. The zero-order valence-electron chi connectivity index (χ0n) is 15.6. The summed E-state index contributed by atoms with van der Waals surface area (Å²) in [4.78, 5) is 0. The summed E-state index contributed by atoms with van der Waals surface area (Å²) in [5.74, 6) is 0. The standard InChI is InChI=1S/C14H34O7Si2/c1-14(15,10-8-12-22(16-2,17-3)18-4)11-9-13-23(19-5,20-6)21-7/h15H,8-13H2,1-7H3. The van der Waals surface area contributed by atoms with E-state index in [4.69, 9.17) is 26.6 Å². The molecular weight excluding hydrogens is 336 g/mol. The van der Waals surface area contributed by atoms with Crippen LogP contribution in [-0.4, -0.2) is 71.0 Å². The average molecular weight is 371 g/mol. The average Bonchev–Trinajstić information content (AvgIpc) is 2.56. The third-order valence-corrected chi connectivity index (χ3v) is 9.93. The van der Waals surface area contributed by atoms with Crippen molar-refractivity contribution in [1.29, 1.82) is 0 Å². The van der Waals surface area contributed by atoms with Gasteiger partial charge in [0.25, 0.3) is 0 Å². The van der Waals surface area contributed by atoms with Gasteiger partial charge in [-0.1, -0.05) is 0 Å². The van der Waals surface area contributed by atoms with Crippen LogP contribution in [0.3, 0.4) is 0 Å². The van der Waals surface area contributed by atoms with Crippen LogP contribution in [0.5, 0.6) is 0 Å². The SMILES string of the molecule is CO[Si](CCCC(C)(O)CCC[Si](OC)(OC)OC)(OC)OC. The van der Waals surface area contributed by atoms with Gasteiger partial charge in [-0.05, 0) is 32.6 Å². The van der Waals surface area contributed by atoms with E-state index in [-0.39, 0.29) is 0 Å². The molecule has 0 aliphatic heterocycles. The summed E-state index contributed by atoms with van der Waals surface area (Å²) in [6.07, 6.45) is 2.85. The van der Waals surface area contributed by atoms with Crippen molar-refractivity contribution in [1.82, 2.24) is 0 Å². The quantitative estimate of drug-likeness (QED) is 0.469. The highest BCUT2D eigenvalue weighted by molar-refractivity contribution is 6.60. The summed E-state index contributed by atoms with van der Waals surface area (Å²) in [6.45, 7) is 1.85. The van der Waals surface area contributed by atoms with Crippen molar-refractivity contribution in [2.75, 3.05) is 42.7 Å². The van der Waals surface area contributed by atoms with Gasteiger partial charge >= 0.3 is 17.6 Å². The van der Waals surface area contributed by atoms with Crippen LogP contribution < -0.4 is 0 Å². The van der Waals surface area contributed by atoms with E-state index in [9.17, 15) is 5.11 Å². The number of aliphatic hydroxyl groups is 1. The molecule has 0 heterocycles. The van der Waals surface area contributed by atoms with Crippen molar-refractivity contribution in [3.8, 4) is 0 Å². The highest BCUT2D eigenvalue weighted by Gasteiger charge is 2.39. The molecule has 0 amide bonds. The zero-order chi connectivity index (χ0) is 18.0. The summed E-state index contributed by atoms with van der Waals surface area (Å²) in [7, 11) is 4.47. The van der Waals surface area contributed by atoms with Gasteiger partial charge in [0.2, 0.25) is 0 Å². The van der Waals surface area contributed by atoms with Crippen molar-refractivity contribution >= 4 is 17.6 Å². The molecule has 0 saturated heterocycles. The van der Waals surface area contributed by atoms with E-state index >= 15 is 0 Å². The van der Waals surface area contributed by atoms with Crippen LogP contribution in [-0.2, 0) is 26.6 Å². The van der Waals surface area contributed by atoms with E-state index in [1.165, 1.54) is 0 Å². The lowest BCUT2D eigenvalue weighted by Gasteiger charge is -2.29. The van der Waals surface area contributed by atoms with E-state index in [0.717, 1.165) is 12.8 Å². The predicted octanol–water partition coefficient (Wildman–Crippen LogP) is 2.05. The Labute approximate surface area is 142 Å². The molecule has 0 spiro atoms. The second-order valence-electron chi connectivity index (χ2n) is 5.79. The van der Waals surface area contributed by atoms with E-state index in [2.05, 4.69) is 0 Å². The van der Waals surface area contributed by atoms with Crippen molar-refractivity contribution in [3.63, 3.8) is 0 Å². The van der Waals surface area contributed by atoms with Gasteiger partial charge in [-0.3, -0.25) is 0 Å². The zero-order valence-corrected chi connectivity index (χ0v) is 17.6. The molecule has 140 valence electrons. The molecule has 7 nitrogen and oxygen atoms in total. The molecule has 23 heavy (non-hydrogen) atoms. The van der Waals surface area contributed by atoms with Crippen molar-refractivity contribution < 1.29 is 31.7 Å². The smallest absolute Gasteiger partial charge is 0.390 e. The largest absolute Gasteiger partial charge is 0.500 e. The van der Waals surface area contributed by atoms with Gasteiger partial charge in [0.15, 0.2) is 0 Å². The molecule has 0 unspecified atom stereocenters. The van der Waals surface area contributed by atoms with Gasteiger partial charge in [-0.15, -0.1) is 0 Å². The Balaban J connectivity index is 4.29. The van der Waals surface area contributed by atoms with Gasteiger partial charge in [0.1, 0.15) is 0 Å². The summed E-state index contributed by atoms with van der Waals surface area (Å²) < 4.78 is 32.3. The van der Waals surface area contributed by atoms with E-state index < -0.39 is 23.2 Å². The predicted molar refractivity (Wildman–Crippen MR) is 92.3 cm³/mol. The first-order chi connectivity index (χ1) is 10.8. The Morgan fingerprint density at radius 3 is 1.13 bits per heavy atom. The van der Waals surface area contributed by atoms with Crippen molar-refractivity contribution in [2.24, 2.45) is 0 Å². The minimum absolute atomic E-state index is 0.652. The first kappa shape index (κ1) is 23.2. The molecule has 0 aromatic rings. The number of hydrogen-bond acceptors (Lipinski definition) is 7. The van der Waals surface area contributed by atoms with E-state index in [1.54, 1.807) is 42.7 Å². The van der Waals surface area contributed by atoms with Crippen LogP contribution >= 0.6 is 0 Å². The van der Waals surface area contributed by atoms with Crippen LogP contribution in [0, 0.1) is 0 Å². The lowest BCUT2D eigenvalue weighted by Crippen LogP contribution is -2.43. The maximum absolute atomic E-state index is 10.5. The van der Waals surface area contributed by atoms with Crippen LogP contribution in [0.4, 0.5) is 0 Å². The Kier molecular flexibility index (Phi) is 11.0. The van der Waals surface area contributed by atoms with Gasteiger partial charge in [0.05, 0.1) is 5.60 Å². The van der Waals surface area contributed by atoms with Crippen LogP contribution in [0.15, 0.2) is 0 Å². The summed E-state index contributed by atoms with van der Waals surface area (Å²) in [5, 5.41) is 10.5. The van der Waals surface area contributed by atoms with Crippen molar-refractivity contribution in [3.05, 3.63) is 0 Å². The summed E-state index contributed by atoms with van der Waals surface area (Å²) >= 11 is 0. The second kappa shape index (κ2) is 10.9. The highest BCUT2D eigenvalue weighted by atomic mass is 28.4. The molecule has 0 aliphatic carbocycles. The van der Waals surface area contributed by atoms with E-state index in [0.29, 0.717) is 24.9 Å². The van der Waals surface area contributed by atoms with Gasteiger partial charge in [0, 0.05) is 54.7 Å². The fraction of sp³-hybridized carbons (Fsp3) is 1.00. The van der Waals surface area contributed by atoms with Gasteiger partial charge < -0.3 is 31.7 Å². The topological polar surface area (TPSA) is 75.6 Å². The Bertz CT molecular complexity index is 263. The fourth-order valence-electron chi connectivity index (χ4n) is 2.61. The lowest BCUT2D eigenvalue weighted by atomic mass is 9.95. The molecule has 0 saturated carbocycles. The molecule has 0 aliphatic rings. The molecule has 9 heteroatoms. The molecule has 1 N–H and O–H groups in total. The van der Waals surface area contributed by atoms with Gasteiger partial charge in [-0.2, -0.15) is 0 Å². The summed E-state index contributed by atoms with van der Waals surface area (Å²) in [6, 6.07) is 1.36. The Hall–Kier alpha value is 0.154. The van der Waals surface area contributed by atoms with Gasteiger partial charge in [-0.25, -0.2) is 0 Å². The maximum Gasteiger partial charge on any atom is 0.500 e. The van der Waals surface area contributed by atoms with E-state index in [1.807, 2.05) is 6.92 Å². The monoisotopic (exact) mass is 370 g/mol. The minimum Gasteiger partial charge on any atom is -0.390 e. The first-order valence-corrected chi connectivity index (χ1v) is 11.7. The van der Waals surface area contributed by atoms with Crippen LogP contribution in [0.25, 0.3) is 0 Å². The first-order valence-electron chi connectivity index (χ1n) is 7.81. The molecular formula is C14H34O7Si2. The molecule has 0 atom stereocenters. The second-order valence-corrected chi connectivity index (χ2v) is 12.0. The molecule has 0 aromatic heterocycles. The molecule has 0 rings (SSSR count). The Morgan fingerprint density at radius 1 is 0.652 bits per heavy atom. The number of rotatable bonds is 14. The molecule has 0 fully saturated rings. The molecule has 0 radical (unpaired) electrons. The molecule has 0 bridgehead atoms. The normalized spacial score (nSPS) is 13.6. The summed E-state index contributed by atoms with van der Waals surface area (Å²) in [5.41, 5.74) is -0.759. The fourth-order valence-corrected chi connectivity index (χ4v) is 6.05. The lowest BCUT2D eigenvalue weighted by molar-refractivity contribution is 0.0364. The van der Waals surface area contributed by atoms with Crippen LogP contribution in [0.1, 0.15) is 32.6 Å². The van der Waals surface area contributed by atoms with Crippen molar-refractivity contribution in [2.45, 2.75) is 50.3 Å². The maximum atomic E-state index is 10.5. The van der Waals surface area contributed by atoms with Crippen LogP contribution in [0.2, 0.25) is 12.1 Å². The minimum atomic E-state index is -2.56. The highest BCUT2D eigenvalue weighted by Crippen LogP contribution is 2.26. The molecule has 0 aromatic carbocycles. The number of hydrogen-bond donors (Lipinski definition) is 1. The Morgan fingerprint density at radius 2 is 0.913 bits per heavy atom. The third kappa shape index (κ3) is 7.71.